The summed E-state index contributed by atoms with van der Waals surface area (Å²) >= 11 is 0. The Hall–Kier alpha value is -1.39. The number of amides is 1. The number of carbonyl (C=O) groups is 1. The first kappa shape index (κ1) is 14.0. The Kier molecular flexibility index (Phi) is 5.36. The molecule has 1 aliphatic carbocycles. The van der Waals surface area contributed by atoms with E-state index >= 15 is 0 Å². The molecule has 0 saturated heterocycles. The third-order valence-corrected chi connectivity index (χ3v) is 3.27. The second-order valence-corrected chi connectivity index (χ2v) is 4.96. The molecule has 0 aromatic heterocycles. The van der Waals surface area contributed by atoms with Crippen molar-refractivity contribution in [2.45, 2.75) is 25.4 Å². The SMILES string of the molecule is COCCNC(=O)CN(Cc1ccccc1)C1CC1. The van der Waals surface area contributed by atoms with Crippen LogP contribution in [-0.2, 0) is 16.1 Å². The van der Waals surface area contributed by atoms with E-state index in [4.69, 9.17) is 4.74 Å². The van der Waals surface area contributed by atoms with Crippen molar-refractivity contribution in [3.8, 4) is 0 Å². The number of benzene rings is 1. The van der Waals surface area contributed by atoms with Crippen LogP contribution in [0.3, 0.4) is 0 Å². The maximum Gasteiger partial charge on any atom is 0.234 e. The first-order valence-electron chi connectivity index (χ1n) is 6.83. The lowest BCUT2D eigenvalue weighted by Crippen LogP contribution is -2.39. The van der Waals surface area contributed by atoms with E-state index in [9.17, 15) is 4.79 Å². The Morgan fingerprint density at radius 1 is 1.37 bits per heavy atom. The summed E-state index contributed by atoms with van der Waals surface area (Å²) in [5.74, 6) is 0.0832. The Morgan fingerprint density at radius 2 is 2.11 bits per heavy atom. The van der Waals surface area contributed by atoms with Crippen LogP contribution in [0.5, 0.6) is 0 Å². The van der Waals surface area contributed by atoms with Gasteiger partial charge in [0.25, 0.3) is 0 Å². The predicted molar refractivity (Wildman–Crippen MR) is 74.8 cm³/mol. The van der Waals surface area contributed by atoms with Crippen molar-refractivity contribution in [1.82, 2.24) is 10.2 Å². The van der Waals surface area contributed by atoms with Gasteiger partial charge in [0.15, 0.2) is 0 Å². The smallest absolute Gasteiger partial charge is 0.234 e. The molecular weight excluding hydrogens is 240 g/mol. The number of nitrogens with zero attached hydrogens (tertiary/aromatic N) is 1. The summed E-state index contributed by atoms with van der Waals surface area (Å²) < 4.78 is 4.92. The highest BCUT2D eigenvalue weighted by Crippen LogP contribution is 2.27. The predicted octanol–water partition coefficient (Wildman–Crippen LogP) is 1.41. The highest BCUT2D eigenvalue weighted by molar-refractivity contribution is 5.78. The summed E-state index contributed by atoms with van der Waals surface area (Å²) in [5.41, 5.74) is 1.26. The molecule has 2 rings (SSSR count). The molecule has 1 aromatic carbocycles. The van der Waals surface area contributed by atoms with Crippen LogP contribution in [0.4, 0.5) is 0 Å². The number of hydrogen-bond donors (Lipinski definition) is 1. The quantitative estimate of drug-likeness (QED) is 0.720. The van der Waals surface area contributed by atoms with Gasteiger partial charge in [0.1, 0.15) is 0 Å². The molecule has 1 aliphatic rings. The summed E-state index contributed by atoms with van der Waals surface area (Å²) in [6.07, 6.45) is 2.41. The van der Waals surface area contributed by atoms with Crippen molar-refractivity contribution >= 4 is 5.91 Å². The van der Waals surface area contributed by atoms with Gasteiger partial charge in [-0.25, -0.2) is 0 Å². The molecule has 0 heterocycles. The third-order valence-electron chi connectivity index (χ3n) is 3.27. The molecule has 1 N–H and O–H groups in total. The van der Waals surface area contributed by atoms with E-state index in [0.717, 1.165) is 6.54 Å². The second kappa shape index (κ2) is 7.26. The molecule has 4 heteroatoms. The van der Waals surface area contributed by atoms with Crippen LogP contribution in [0.25, 0.3) is 0 Å². The third kappa shape index (κ3) is 5.01. The highest BCUT2D eigenvalue weighted by atomic mass is 16.5. The van der Waals surface area contributed by atoms with Crippen molar-refractivity contribution in [2.24, 2.45) is 0 Å². The van der Waals surface area contributed by atoms with Crippen molar-refractivity contribution in [3.05, 3.63) is 35.9 Å². The van der Waals surface area contributed by atoms with E-state index in [-0.39, 0.29) is 5.91 Å². The number of hydrogen-bond acceptors (Lipinski definition) is 3. The maximum atomic E-state index is 11.8. The van der Waals surface area contributed by atoms with Crippen LogP contribution in [0, 0.1) is 0 Å². The van der Waals surface area contributed by atoms with Gasteiger partial charge in [0, 0.05) is 26.2 Å². The zero-order valence-electron chi connectivity index (χ0n) is 11.5. The zero-order valence-corrected chi connectivity index (χ0v) is 11.5. The Morgan fingerprint density at radius 3 is 2.74 bits per heavy atom. The van der Waals surface area contributed by atoms with Gasteiger partial charge in [0.2, 0.25) is 5.91 Å². The first-order chi connectivity index (χ1) is 9.29. The fourth-order valence-electron chi connectivity index (χ4n) is 2.10. The second-order valence-electron chi connectivity index (χ2n) is 4.96. The number of carbonyl (C=O) groups excluding carboxylic acids is 1. The lowest BCUT2D eigenvalue weighted by molar-refractivity contribution is -0.122. The normalized spacial score (nSPS) is 14.6. The van der Waals surface area contributed by atoms with Gasteiger partial charge in [-0.3, -0.25) is 9.69 Å². The molecule has 4 nitrogen and oxygen atoms in total. The molecule has 0 aliphatic heterocycles. The molecule has 1 saturated carbocycles. The van der Waals surface area contributed by atoms with E-state index in [1.807, 2.05) is 18.2 Å². The zero-order chi connectivity index (χ0) is 13.5. The van der Waals surface area contributed by atoms with Crippen LogP contribution >= 0.6 is 0 Å². The molecule has 19 heavy (non-hydrogen) atoms. The summed E-state index contributed by atoms with van der Waals surface area (Å²) in [4.78, 5) is 14.1. The molecule has 1 amide bonds. The first-order valence-corrected chi connectivity index (χ1v) is 6.83. The average Bonchev–Trinajstić information content (AvgIpc) is 3.24. The monoisotopic (exact) mass is 262 g/mol. The van der Waals surface area contributed by atoms with Gasteiger partial charge in [0.05, 0.1) is 13.2 Å². The minimum absolute atomic E-state index is 0.0832. The number of methoxy groups -OCH3 is 1. The minimum Gasteiger partial charge on any atom is -0.383 e. The number of ether oxygens (including phenoxy) is 1. The van der Waals surface area contributed by atoms with Crippen molar-refractivity contribution in [2.75, 3.05) is 26.8 Å². The molecule has 104 valence electrons. The van der Waals surface area contributed by atoms with E-state index < -0.39 is 0 Å². The van der Waals surface area contributed by atoms with E-state index in [1.165, 1.54) is 18.4 Å². The van der Waals surface area contributed by atoms with Crippen molar-refractivity contribution < 1.29 is 9.53 Å². The van der Waals surface area contributed by atoms with Gasteiger partial charge in [-0.1, -0.05) is 30.3 Å². The standard InChI is InChI=1S/C15H22N2O2/c1-19-10-9-16-15(18)12-17(14-7-8-14)11-13-5-3-2-4-6-13/h2-6,14H,7-12H2,1H3,(H,16,18). The van der Waals surface area contributed by atoms with Crippen LogP contribution in [0.2, 0.25) is 0 Å². The maximum absolute atomic E-state index is 11.8. The molecule has 0 atom stereocenters. The Bertz CT molecular complexity index is 390. The molecule has 0 unspecified atom stereocenters. The average molecular weight is 262 g/mol. The van der Waals surface area contributed by atoms with E-state index in [2.05, 4.69) is 22.3 Å². The van der Waals surface area contributed by atoms with Gasteiger partial charge in [-0.2, -0.15) is 0 Å². The van der Waals surface area contributed by atoms with Gasteiger partial charge in [-0.05, 0) is 18.4 Å². The molecule has 1 aromatic rings. The number of rotatable bonds is 8. The largest absolute Gasteiger partial charge is 0.383 e. The van der Waals surface area contributed by atoms with Gasteiger partial charge >= 0.3 is 0 Å². The Balaban J connectivity index is 1.81. The van der Waals surface area contributed by atoms with Crippen LogP contribution < -0.4 is 5.32 Å². The molecule has 1 fully saturated rings. The van der Waals surface area contributed by atoms with Gasteiger partial charge in [-0.15, -0.1) is 0 Å². The minimum atomic E-state index is 0.0832. The lowest BCUT2D eigenvalue weighted by Gasteiger charge is -2.21. The summed E-state index contributed by atoms with van der Waals surface area (Å²) in [7, 11) is 1.64. The summed E-state index contributed by atoms with van der Waals surface area (Å²) in [6.45, 7) is 2.47. The van der Waals surface area contributed by atoms with Crippen LogP contribution in [-0.4, -0.2) is 43.7 Å². The van der Waals surface area contributed by atoms with E-state index in [0.29, 0.717) is 25.7 Å². The fraction of sp³-hybridized carbons (Fsp3) is 0.533. The topological polar surface area (TPSA) is 41.6 Å². The van der Waals surface area contributed by atoms with Gasteiger partial charge < -0.3 is 10.1 Å². The van der Waals surface area contributed by atoms with E-state index in [1.54, 1.807) is 7.11 Å². The molecule has 0 radical (unpaired) electrons. The molecule has 0 bridgehead atoms. The number of nitrogens with one attached hydrogen (secondary N) is 1. The van der Waals surface area contributed by atoms with Crippen LogP contribution in [0.15, 0.2) is 30.3 Å². The Labute approximate surface area is 114 Å². The molecule has 0 spiro atoms. The highest BCUT2D eigenvalue weighted by Gasteiger charge is 2.30. The fourth-order valence-corrected chi connectivity index (χ4v) is 2.10. The van der Waals surface area contributed by atoms with Crippen molar-refractivity contribution in [3.63, 3.8) is 0 Å². The molecular formula is C15H22N2O2. The lowest BCUT2D eigenvalue weighted by atomic mass is 10.2. The van der Waals surface area contributed by atoms with Crippen LogP contribution in [0.1, 0.15) is 18.4 Å². The summed E-state index contributed by atoms with van der Waals surface area (Å²) in [5, 5.41) is 2.88. The van der Waals surface area contributed by atoms with Crippen molar-refractivity contribution in [1.29, 1.82) is 0 Å². The summed E-state index contributed by atoms with van der Waals surface area (Å²) in [6, 6.07) is 10.9.